The van der Waals surface area contributed by atoms with Crippen LogP contribution in [0, 0.1) is 0 Å². The largest absolute Gasteiger partial charge is 0.336 e. The first-order valence-corrected chi connectivity index (χ1v) is 11.0. The van der Waals surface area contributed by atoms with Crippen molar-refractivity contribution < 1.29 is 13.2 Å². The van der Waals surface area contributed by atoms with Gasteiger partial charge in [0.1, 0.15) is 0 Å². The molecule has 154 valence electrons. The van der Waals surface area contributed by atoms with Gasteiger partial charge in [-0.2, -0.15) is 4.31 Å². The summed E-state index contributed by atoms with van der Waals surface area (Å²) in [5.74, 6) is -0.0738. The van der Waals surface area contributed by atoms with E-state index in [4.69, 9.17) is 0 Å². The van der Waals surface area contributed by atoms with Gasteiger partial charge in [0, 0.05) is 31.2 Å². The van der Waals surface area contributed by atoms with E-state index >= 15 is 0 Å². The summed E-state index contributed by atoms with van der Waals surface area (Å²) >= 11 is 0. The highest BCUT2D eigenvalue weighted by Crippen LogP contribution is 2.20. The Labute approximate surface area is 169 Å². The van der Waals surface area contributed by atoms with Gasteiger partial charge >= 0.3 is 0 Å². The first-order valence-electron chi connectivity index (χ1n) is 9.57. The van der Waals surface area contributed by atoms with Crippen molar-refractivity contribution >= 4 is 28.3 Å². The fourth-order valence-corrected chi connectivity index (χ4v) is 4.98. The van der Waals surface area contributed by atoms with E-state index < -0.39 is 10.0 Å². The van der Waals surface area contributed by atoms with Crippen LogP contribution in [0.3, 0.4) is 0 Å². The Bertz CT molecular complexity index is 702. The monoisotopic (exact) mass is 417 g/mol. The van der Waals surface area contributed by atoms with Crippen molar-refractivity contribution in [1.82, 2.24) is 14.5 Å². The molecule has 1 saturated heterocycles. The molecule has 0 aliphatic carbocycles. The molecule has 1 amide bonds. The molecule has 0 spiro atoms. The second-order valence-corrected chi connectivity index (χ2v) is 8.53. The van der Waals surface area contributed by atoms with Crippen LogP contribution in [0.25, 0.3) is 0 Å². The van der Waals surface area contributed by atoms with Crippen molar-refractivity contribution in [3.63, 3.8) is 0 Å². The zero-order valence-corrected chi connectivity index (χ0v) is 18.1. The first kappa shape index (κ1) is 23.9. The summed E-state index contributed by atoms with van der Waals surface area (Å²) in [6.07, 6.45) is 2.75. The molecule has 1 aromatic carbocycles. The van der Waals surface area contributed by atoms with Gasteiger partial charge in [-0.05, 0) is 50.6 Å². The van der Waals surface area contributed by atoms with Crippen molar-refractivity contribution in [2.45, 2.75) is 51.0 Å². The fraction of sp³-hybridized carbons (Fsp3) is 0.632. The second-order valence-electron chi connectivity index (χ2n) is 6.60. The zero-order chi connectivity index (χ0) is 19.2. The van der Waals surface area contributed by atoms with E-state index in [-0.39, 0.29) is 29.3 Å². The van der Waals surface area contributed by atoms with Crippen molar-refractivity contribution in [3.05, 3.63) is 29.8 Å². The summed E-state index contributed by atoms with van der Waals surface area (Å²) in [7, 11) is -3.57. The maximum atomic E-state index is 13.1. The molecule has 8 heteroatoms. The molecule has 2 rings (SSSR count). The predicted molar refractivity (Wildman–Crippen MR) is 111 cm³/mol. The molecular weight excluding hydrogens is 386 g/mol. The second kappa shape index (κ2) is 11.0. The number of sulfonamides is 1. The summed E-state index contributed by atoms with van der Waals surface area (Å²) < 4.78 is 26.9. The quantitative estimate of drug-likeness (QED) is 0.706. The fourth-order valence-electron chi connectivity index (χ4n) is 3.48. The Morgan fingerprint density at radius 3 is 2.33 bits per heavy atom. The number of rotatable bonds is 8. The minimum atomic E-state index is -3.57. The van der Waals surface area contributed by atoms with Gasteiger partial charge in [0.15, 0.2) is 0 Å². The summed E-state index contributed by atoms with van der Waals surface area (Å²) in [5, 5.41) is 3.32. The lowest BCUT2D eigenvalue weighted by Crippen LogP contribution is -2.46. The lowest BCUT2D eigenvalue weighted by Gasteiger charge is -2.34. The van der Waals surface area contributed by atoms with Gasteiger partial charge in [0.2, 0.25) is 10.0 Å². The van der Waals surface area contributed by atoms with Crippen molar-refractivity contribution in [1.29, 1.82) is 0 Å². The number of carbonyl (C=O) groups excluding carboxylic acids is 1. The molecule has 27 heavy (non-hydrogen) atoms. The van der Waals surface area contributed by atoms with Gasteiger partial charge in [-0.25, -0.2) is 8.42 Å². The van der Waals surface area contributed by atoms with E-state index in [9.17, 15) is 13.2 Å². The van der Waals surface area contributed by atoms with E-state index in [2.05, 4.69) is 12.2 Å². The predicted octanol–water partition coefficient (Wildman–Crippen LogP) is 2.74. The van der Waals surface area contributed by atoms with E-state index in [1.165, 1.54) is 10.4 Å². The molecule has 1 heterocycles. The Balaban J connectivity index is 0.00000364. The number of hydrogen-bond donors (Lipinski definition) is 1. The molecule has 0 saturated carbocycles. The van der Waals surface area contributed by atoms with Crippen LogP contribution in [0.5, 0.6) is 0 Å². The first-order chi connectivity index (χ1) is 12.5. The van der Waals surface area contributed by atoms with E-state index in [0.29, 0.717) is 25.2 Å². The van der Waals surface area contributed by atoms with Crippen LogP contribution in [0.1, 0.15) is 50.4 Å². The molecule has 6 nitrogen and oxygen atoms in total. The molecule has 0 radical (unpaired) electrons. The number of nitrogens with zero attached hydrogens (tertiary/aromatic N) is 2. The lowest BCUT2D eigenvalue weighted by molar-refractivity contribution is 0.0642. The number of piperidine rings is 1. The highest BCUT2D eigenvalue weighted by molar-refractivity contribution is 7.89. The third-order valence-electron chi connectivity index (χ3n) is 4.90. The Morgan fingerprint density at radius 2 is 1.78 bits per heavy atom. The van der Waals surface area contributed by atoms with E-state index in [0.717, 1.165) is 32.4 Å². The van der Waals surface area contributed by atoms with Crippen molar-refractivity contribution in [2.75, 3.05) is 32.7 Å². The minimum absolute atomic E-state index is 0. The Morgan fingerprint density at radius 1 is 1.15 bits per heavy atom. The Hall–Kier alpha value is -1.15. The average Bonchev–Trinajstić information content (AvgIpc) is 2.67. The zero-order valence-electron chi connectivity index (χ0n) is 16.5. The number of amides is 1. The average molecular weight is 418 g/mol. The number of halogens is 1. The molecule has 1 fully saturated rings. The van der Waals surface area contributed by atoms with Crippen molar-refractivity contribution in [3.8, 4) is 0 Å². The lowest BCUT2D eigenvalue weighted by atomic mass is 10.0. The summed E-state index contributed by atoms with van der Waals surface area (Å²) in [4.78, 5) is 15.2. The third-order valence-corrected chi connectivity index (χ3v) is 6.94. The normalized spacial score (nSPS) is 15.4. The number of hydrogen-bond acceptors (Lipinski definition) is 4. The van der Waals surface area contributed by atoms with Crippen LogP contribution in [0.2, 0.25) is 0 Å². The van der Waals surface area contributed by atoms with E-state index in [1.807, 2.05) is 18.7 Å². The van der Waals surface area contributed by atoms with Crippen LogP contribution in [0.15, 0.2) is 29.2 Å². The van der Waals surface area contributed by atoms with Crippen molar-refractivity contribution in [2.24, 2.45) is 0 Å². The summed E-state index contributed by atoms with van der Waals surface area (Å²) in [6, 6.07) is 6.69. The highest BCUT2D eigenvalue weighted by atomic mass is 35.5. The number of carbonyl (C=O) groups is 1. The molecule has 0 aromatic heterocycles. The van der Waals surface area contributed by atoms with Gasteiger partial charge in [-0.3, -0.25) is 4.79 Å². The molecular formula is C19H32ClN3O3S. The Kier molecular flexibility index (Phi) is 9.73. The van der Waals surface area contributed by atoms with Gasteiger partial charge in [-0.1, -0.05) is 26.8 Å². The van der Waals surface area contributed by atoms with Crippen LogP contribution < -0.4 is 5.32 Å². The molecule has 0 bridgehead atoms. The summed E-state index contributed by atoms with van der Waals surface area (Å²) in [5.41, 5.74) is 0.449. The molecule has 1 aliphatic rings. The van der Waals surface area contributed by atoms with Crippen LogP contribution in [-0.2, 0) is 10.0 Å². The topological polar surface area (TPSA) is 69.7 Å². The molecule has 1 aliphatic heterocycles. The van der Waals surface area contributed by atoms with Crippen LogP contribution >= 0.6 is 12.4 Å². The molecule has 0 unspecified atom stereocenters. The van der Waals surface area contributed by atoms with Gasteiger partial charge < -0.3 is 10.2 Å². The standard InChI is InChI=1S/C19H31N3O3S.ClH/c1-4-14-22(17-10-12-20-13-11-17)19(23)16-8-7-9-18(15-16)26(24,25)21(5-2)6-3;/h7-9,15,17,20H,4-6,10-14H2,1-3H3;1H. The van der Waals surface area contributed by atoms with Gasteiger partial charge in [-0.15, -0.1) is 12.4 Å². The SMILES string of the molecule is CCCN(C(=O)c1cccc(S(=O)(=O)N(CC)CC)c1)C1CCNCC1.Cl. The smallest absolute Gasteiger partial charge is 0.254 e. The van der Waals surface area contributed by atoms with Crippen LogP contribution in [-0.4, -0.2) is 62.3 Å². The third kappa shape index (κ3) is 5.67. The molecule has 1 N–H and O–H groups in total. The molecule has 0 atom stereocenters. The number of nitrogens with one attached hydrogen (secondary N) is 1. The maximum Gasteiger partial charge on any atom is 0.254 e. The molecule has 1 aromatic rings. The van der Waals surface area contributed by atoms with Gasteiger partial charge in [0.05, 0.1) is 4.90 Å². The maximum absolute atomic E-state index is 13.1. The highest BCUT2D eigenvalue weighted by Gasteiger charge is 2.27. The summed E-state index contributed by atoms with van der Waals surface area (Å²) in [6.45, 7) is 9.02. The number of benzene rings is 1. The van der Waals surface area contributed by atoms with E-state index in [1.54, 1.807) is 18.2 Å². The van der Waals surface area contributed by atoms with Gasteiger partial charge in [0.25, 0.3) is 5.91 Å². The van der Waals surface area contributed by atoms with Crippen LogP contribution in [0.4, 0.5) is 0 Å². The minimum Gasteiger partial charge on any atom is -0.336 e.